The number of nitrogens with one attached hydrogen (secondary N) is 1. The second-order valence-electron chi connectivity index (χ2n) is 5.12. The topological polar surface area (TPSA) is 80.7 Å². The van der Waals surface area contributed by atoms with E-state index in [1.165, 1.54) is 18.0 Å². The minimum absolute atomic E-state index is 0.227. The van der Waals surface area contributed by atoms with Gasteiger partial charge in [0.2, 0.25) is 0 Å². The Balaban J connectivity index is 1.70. The lowest BCUT2D eigenvalue weighted by atomic mass is 10.2. The summed E-state index contributed by atoms with van der Waals surface area (Å²) in [5, 5.41) is 4.15. The van der Waals surface area contributed by atoms with Crippen molar-refractivity contribution < 1.29 is 4.79 Å². The van der Waals surface area contributed by atoms with Gasteiger partial charge in [0, 0.05) is 23.8 Å². The molecule has 0 radical (unpaired) electrons. The maximum atomic E-state index is 12.2. The van der Waals surface area contributed by atoms with Gasteiger partial charge in [-0.15, -0.1) is 0 Å². The molecule has 0 unspecified atom stereocenters. The van der Waals surface area contributed by atoms with Gasteiger partial charge in [0.05, 0.1) is 17.4 Å². The van der Waals surface area contributed by atoms with Crippen LogP contribution in [0.3, 0.4) is 0 Å². The zero-order valence-electron chi connectivity index (χ0n) is 13.2. The van der Waals surface area contributed by atoms with Crippen molar-refractivity contribution in [2.75, 3.05) is 5.32 Å². The number of aryl methyl sites for hydroxylation is 2. The van der Waals surface area contributed by atoms with Gasteiger partial charge in [0.25, 0.3) is 5.91 Å². The predicted octanol–water partition coefficient (Wildman–Crippen LogP) is 3.29. The fourth-order valence-electron chi connectivity index (χ4n) is 2.05. The second-order valence-corrected chi connectivity index (χ2v) is 6.10. The third-order valence-electron chi connectivity index (χ3n) is 3.08. The lowest BCUT2D eigenvalue weighted by Gasteiger charge is -2.05. The summed E-state index contributed by atoms with van der Waals surface area (Å²) in [5.41, 5.74) is 2.95. The Bertz CT molecular complexity index is 832. The fourth-order valence-corrected chi connectivity index (χ4v) is 2.86. The number of anilines is 1. The van der Waals surface area contributed by atoms with Gasteiger partial charge in [-0.05, 0) is 55.9 Å². The molecule has 0 saturated heterocycles. The number of carbonyl (C=O) groups excluding carboxylic acids is 1. The van der Waals surface area contributed by atoms with Gasteiger partial charge < -0.3 is 5.32 Å². The van der Waals surface area contributed by atoms with Gasteiger partial charge in [-0.1, -0.05) is 0 Å². The van der Waals surface area contributed by atoms with Gasteiger partial charge in [0.15, 0.2) is 5.16 Å². The minimum Gasteiger partial charge on any atom is -0.321 e. The number of hydrogen-bond donors (Lipinski definition) is 1. The Morgan fingerprint density at radius 1 is 1.08 bits per heavy atom. The molecule has 3 aromatic rings. The number of nitrogens with zero attached hydrogens (tertiary/aromatic N) is 4. The summed E-state index contributed by atoms with van der Waals surface area (Å²) in [6, 6.07) is 8.97. The first kappa shape index (κ1) is 16.1. The Hall–Kier alpha value is -2.80. The van der Waals surface area contributed by atoms with Crippen LogP contribution < -0.4 is 5.32 Å². The van der Waals surface area contributed by atoms with E-state index in [1.807, 2.05) is 19.9 Å². The summed E-state index contributed by atoms with van der Waals surface area (Å²) >= 11 is 1.37. The van der Waals surface area contributed by atoms with E-state index in [9.17, 15) is 4.79 Å². The summed E-state index contributed by atoms with van der Waals surface area (Å²) in [4.78, 5) is 29.2. The summed E-state index contributed by atoms with van der Waals surface area (Å²) in [6.45, 7) is 3.86. The summed E-state index contributed by atoms with van der Waals surface area (Å²) in [6.07, 6.45) is 4.78. The van der Waals surface area contributed by atoms with Crippen molar-refractivity contribution >= 4 is 23.4 Å². The van der Waals surface area contributed by atoms with Gasteiger partial charge in [0.1, 0.15) is 5.03 Å². The number of carbonyl (C=O) groups is 1. The van der Waals surface area contributed by atoms with Crippen LogP contribution in [0.15, 0.2) is 59.1 Å². The molecule has 0 aliphatic rings. The summed E-state index contributed by atoms with van der Waals surface area (Å²) in [7, 11) is 0. The fraction of sp³-hybridized carbons (Fsp3) is 0.118. The van der Waals surface area contributed by atoms with Crippen LogP contribution in [0.2, 0.25) is 0 Å². The van der Waals surface area contributed by atoms with Crippen molar-refractivity contribution in [2.24, 2.45) is 0 Å². The van der Waals surface area contributed by atoms with Crippen LogP contribution in [-0.4, -0.2) is 25.8 Å². The molecule has 120 valence electrons. The normalized spacial score (nSPS) is 10.4. The second kappa shape index (κ2) is 7.18. The first-order valence-corrected chi connectivity index (χ1v) is 8.09. The minimum atomic E-state index is -0.227. The van der Waals surface area contributed by atoms with Crippen molar-refractivity contribution in [3.05, 3.63) is 65.9 Å². The van der Waals surface area contributed by atoms with Gasteiger partial charge >= 0.3 is 0 Å². The van der Waals surface area contributed by atoms with Gasteiger partial charge in [-0.2, -0.15) is 0 Å². The number of pyridine rings is 2. The lowest BCUT2D eigenvalue weighted by molar-refractivity contribution is 0.102. The molecule has 1 N–H and O–H groups in total. The van der Waals surface area contributed by atoms with E-state index in [2.05, 4.69) is 25.3 Å². The molecular weight excluding hydrogens is 322 g/mol. The monoisotopic (exact) mass is 337 g/mol. The molecule has 1 amide bonds. The molecular formula is C17H15N5OS. The Kier molecular flexibility index (Phi) is 4.81. The Morgan fingerprint density at radius 2 is 1.88 bits per heavy atom. The molecule has 0 aliphatic heterocycles. The van der Waals surface area contributed by atoms with Crippen molar-refractivity contribution in [3.63, 3.8) is 0 Å². The van der Waals surface area contributed by atoms with Crippen LogP contribution >= 0.6 is 11.8 Å². The van der Waals surface area contributed by atoms with Crippen LogP contribution in [-0.2, 0) is 0 Å². The molecule has 0 aromatic carbocycles. The van der Waals surface area contributed by atoms with Crippen molar-refractivity contribution in [2.45, 2.75) is 24.0 Å². The van der Waals surface area contributed by atoms with Crippen molar-refractivity contribution in [1.82, 2.24) is 19.9 Å². The molecule has 0 fully saturated rings. The summed E-state index contributed by atoms with van der Waals surface area (Å²) in [5.74, 6) is -0.227. The molecule has 0 saturated carbocycles. The maximum Gasteiger partial charge on any atom is 0.257 e. The standard InChI is InChI=1S/C17H15N5OS/c1-11-8-12(2)21-17(20-11)24-15-6-5-13(9-19-15)16(23)22-14-4-3-7-18-10-14/h3-10H,1-2H3,(H,22,23). The molecule has 3 aromatic heterocycles. The maximum absolute atomic E-state index is 12.2. The molecule has 0 bridgehead atoms. The van der Waals surface area contributed by atoms with E-state index in [0.29, 0.717) is 16.4 Å². The largest absolute Gasteiger partial charge is 0.321 e. The number of hydrogen-bond acceptors (Lipinski definition) is 6. The van der Waals surface area contributed by atoms with Crippen LogP contribution in [0.25, 0.3) is 0 Å². The average molecular weight is 337 g/mol. The van der Waals surface area contributed by atoms with E-state index in [0.717, 1.165) is 16.4 Å². The third kappa shape index (κ3) is 4.14. The first-order valence-electron chi connectivity index (χ1n) is 7.28. The van der Waals surface area contributed by atoms with Gasteiger partial charge in [-0.25, -0.2) is 15.0 Å². The van der Waals surface area contributed by atoms with E-state index < -0.39 is 0 Å². The van der Waals surface area contributed by atoms with Crippen molar-refractivity contribution in [3.8, 4) is 0 Å². The summed E-state index contributed by atoms with van der Waals surface area (Å²) < 4.78 is 0. The molecule has 24 heavy (non-hydrogen) atoms. The zero-order valence-corrected chi connectivity index (χ0v) is 14.0. The first-order chi connectivity index (χ1) is 11.6. The molecule has 6 nitrogen and oxygen atoms in total. The molecule has 3 rings (SSSR count). The van der Waals surface area contributed by atoms with Crippen LogP contribution in [0, 0.1) is 13.8 Å². The third-order valence-corrected chi connectivity index (χ3v) is 3.89. The highest BCUT2D eigenvalue weighted by Gasteiger charge is 2.08. The highest BCUT2D eigenvalue weighted by atomic mass is 32.2. The quantitative estimate of drug-likeness (QED) is 0.736. The van der Waals surface area contributed by atoms with Gasteiger partial charge in [-0.3, -0.25) is 9.78 Å². The number of aromatic nitrogens is 4. The molecule has 0 atom stereocenters. The highest BCUT2D eigenvalue weighted by molar-refractivity contribution is 7.99. The van der Waals surface area contributed by atoms with Crippen LogP contribution in [0.1, 0.15) is 21.7 Å². The highest BCUT2D eigenvalue weighted by Crippen LogP contribution is 2.23. The molecule has 7 heteroatoms. The zero-order chi connectivity index (χ0) is 16.9. The van der Waals surface area contributed by atoms with Crippen molar-refractivity contribution in [1.29, 1.82) is 0 Å². The van der Waals surface area contributed by atoms with E-state index >= 15 is 0 Å². The number of amides is 1. The molecule has 0 spiro atoms. The smallest absolute Gasteiger partial charge is 0.257 e. The van der Waals surface area contributed by atoms with Crippen LogP contribution in [0.4, 0.5) is 5.69 Å². The molecule has 0 aliphatic carbocycles. The van der Waals surface area contributed by atoms with E-state index in [-0.39, 0.29) is 5.91 Å². The Morgan fingerprint density at radius 3 is 2.50 bits per heavy atom. The number of rotatable bonds is 4. The Labute approximate surface area is 143 Å². The van der Waals surface area contributed by atoms with E-state index in [4.69, 9.17) is 0 Å². The lowest BCUT2D eigenvalue weighted by Crippen LogP contribution is -2.12. The van der Waals surface area contributed by atoms with E-state index in [1.54, 1.807) is 36.7 Å². The SMILES string of the molecule is Cc1cc(C)nc(Sc2ccc(C(=O)Nc3cccnc3)cn2)n1. The van der Waals surface area contributed by atoms with Crippen LogP contribution in [0.5, 0.6) is 0 Å². The molecule has 3 heterocycles. The predicted molar refractivity (Wildman–Crippen MR) is 92.1 cm³/mol. The average Bonchev–Trinajstić information content (AvgIpc) is 2.55.